The Hall–Kier alpha value is -9.05. The average Bonchev–Trinajstić information content (AvgIpc) is 1.02. The number of hydrogen-bond acceptors (Lipinski definition) is 14. The minimum absolute atomic E-state index is 0.0117. The second-order valence-electron chi connectivity index (χ2n) is 32.0. The number of thiazole rings is 2. The number of carbonyl (C=O) groups is 6. The smallest absolute Gasteiger partial charge is 0.234 e. The highest BCUT2D eigenvalue weighted by Gasteiger charge is 2.59. The number of amides is 2. The third-order valence-electron chi connectivity index (χ3n) is 22.7. The van der Waals surface area contributed by atoms with Gasteiger partial charge in [0.15, 0.2) is 28.2 Å². The summed E-state index contributed by atoms with van der Waals surface area (Å²) in [7, 11) is -4.89. The maximum atomic E-state index is 15.0. The molecule has 0 saturated carbocycles. The lowest BCUT2D eigenvalue weighted by Crippen LogP contribution is -2.70. The van der Waals surface area contributed by atoms with Crippen molar-refractivity contribution in [2.75, 3.05) is 0 Å². The zero-order valence-electron chi connectivity index (χ0n) is 66.9. The standard InChI is InChI=1S/C45H49N4O4PSSi.C27H35ClN4O4SSi.C18H15P/c1-30(41(50)37-28-48-29-47-39(44(48)55-37)42(51)33-19-18-26-46-27-33)40-38(31(2)53-56(7,8)45(4,5)6)43(52)49(40)32(3)54(34-20-12-9-13-21-34,35-22-14-10-15-23-35)36-24-16-11-17-25-36;1-15(22-20(25(35)32(22)17(3)28)16(2)36-38(7,8)27(4,5)6)23(33)19-13-31-14-30-21(26(31)37-19)24(34)18-10-9-11-29-12-18;1-4-10-16(11-5-1)19(17-12-6-2-7-13-17)18-14-8-3-9-15-18/h9-31,38,40H,1-8H3;9-17,20,22H,1-8H3;1-15H/t30-,31-,38-,40-;15-,16-,17?,20-,22-;/m11./s1. The molecule has 0 spiro atoms. The number of hydrogen-bond donors (Lipinski definition) is 0. The summed E-state index contributed by atoms with van der Waals surface area (Å²) in [5.41, 5.74) is 1.79. The van der Waals surface area contributed by atoms with Gasteiger partial charge in [-0.2, -0.15) is 0 Å². The van der Waals surface area contributed by atoms with Gasteiger partial charge in [-0.05, 0) is 135 Å². The number of nitrogens with zero attached hydrogens (tertiary/aromatic N) is 8. The van der Waals surface area contributed by atoms with Crippen molar-refractivity contribution in [1.82, 2.24) is 38.5 Å². The van der Waals surface area contributed by atoms with E-state index in [1.54, 1.807) is 76.0 Å². The van der Waals surface area contributed by atoms with Crippen LogP contribution in [-0.4, -0.2) is 125 Å². The summed E-state index contributed by atoms with van der Waals surface area (Å²) in [4.78, 5) is 106. The first-order valence-electron chi connectivity index (χ1n) is 38.2. The lowest BCUT2D eigenvalue weighted by molar-refractivity contribution is -0.167. The van der Waals surface area contributed by atoms with Gasteiger partial charge in [0, 0.05) is 65.6 Å². The summed E-state index contributed by atoms with van der Waals surface area (Å²) in [6.07, 6.45) is 12.0. The quantitative estimate of drug-likeness (QED) is 0.0139. The number of aromatic nitrogens is 6. The molecule has 0 aliphatic carbocycles. The number of β-lactam (4-membered cyclic amide) rings is 2. The van der Waals surface area contributed by atoms with Crippen molar-refractivity contribution in [3.05, 3.63) is 288 Å². The fourth-order valence-electron chi connectivity index (χ4n) is 14.8. The number of carbonyl (C=O) groups excluding carboxylic acids is 6. The minimum atomic E-state index is -2.64. The molecule has 14 rings (SSSR count). The Kier molecular flexibility index (Phi) is 25.5. The number of likely N-dealkylation sites (tertiary alicyclic amines) is 2. The van der Waals surface area contributed by atoms with Crippen molar-refractivity contribution in [3.8, 4) is 0 Å². The summed E-state index contributed by atoms with van der Waals surface area (Å²) < 4.78 is 17.0. The third-order valence-corrected chi connectivity index (χ3v) is 41.2. The van der Waals surface area contributed by atoms with Gasteiger partial charge in [0.25, 0.3) is 0 Å². The first-order valence-corrected chi connectivity index (χ1v) is 49.2. The van der Waals surface area contributed by atoms with Gasteiger partial charge in [0.2, 0.25) is 23.4 Å². The Morgan fingerprint density at radius 2 is 0.823 bits per heavy atom. The molecular formula is C90H99ClN8O8P2S2Si2. The molecule has 2 amide bonds. The van der Waals surface area contributed by atoms with Gasteiger partial charge in [0.1, 0.15) is 39.2 Å². The fourth-order valence-corrected chi connectivity index (χ4v) is 26.9. The molecule has 2 aliphatic rings. The molecule has 0 bridgehead atoms. The largest absolute Gasteiger partial charge is 0.413 e. The number of Topliss-reactive ketones (excluding diaryl/α,β-unsaturated/α-hetero) is 2. The van der Waals surface area contributed by atoms with Crippen molar-refractivity contribution in [3.63, 3.8) is 0 Å². The molecule has 0 N–H and O–H groups in total. The lowest BCUT2D eigenvalue weighted by atomic mass is 9.75. The molecule has 6 aromatic heterocycles. The zero-order chi connectivity index (χ0) is 81.1. The van der Waals surface area contributed by atoms with Gasteiger partial charge in [-0.25, -0.2) is 9.97 Å². The normalized spacial score (nSPS) is 17.4. The van der Waals surface area contributed by atoms with E-state index in [2.05, 4.69) is 258 Å². The van der Waals surface area contributed by atoms with Crippen LogP contribution in [0.5, 0.6) is 0 Å². The van der Waals surface area contributed by atoms with E-state index in [1.807, 2.05) is 50.8 Å². The van der Waals surface area contributed by atoms with E-state index in [0.717, 1.165) is 21.3 Å². The van der Waals surface area contributed by atoms with Crippen molar-refractivity contribution in [2.24, 2.45) is 23.7 Å². The van der Waals surface area contributed by atoms with E-state index < -0.39 is 78.8 Å². The Balaban J connectivity index is 0.000000177. The monoisotopic (exact) mass is 1640 g/mol. The molecule has 6 aromatic carbocycles. The number of rotatable bonds is 24. The van der Waals surface area contributed by atoms with Gasteiger partial charge in [-0.15, -0.1) is 22.7 Å². The summed E-state index contributed by atoms with van der Waals surface area (Å²) in [6.45, 7) is 30.7. The molecule has 9 atom stereocenters. The van der Waals surface area contributed by atoms with E-state index in [1.165, 1.54) is 57.3 Å². The first-order chi connectivity index (χ1) is 53.8. The molecule has 0 radical (unpaired) electrons. The predicted molar refractivity (Wildman–Crippen MR) is 468 cm³/mol. The van der Waals surface area contributed by atoms with E-state index >= 15 is 4.79 Å². The Labute approximate surface area is 680 Å². The number of alkyl halides is 1. The van der Waals surface area contributed by atoms with Crippen LogP contribution in [0.2, 0.25) is 36.3 Å². The van der Waals surface area contributed by atoms with Crippen LogP contribution in [0, 0.1) is 23.7 Å². The minimum Gasteiger partial charge on any atom is -0.413 e. The Morgan fingerprint density at radius 1 is 0.487 bits per heavy atom. The topological polar surface area (TPSA) is 188 Å². The lowest BCUT2D eigenvalue weighted by Gasteiger charge is -2.55. The molecular weight excluding hydrogens is 1540 g/mol. The molecule has 12 aromatic rings. The van der Waals surface area contributed by atoms with Crippen LogP contribution >= 0.6 is 49.1 Å². The summed E-state index contributed by atoms with van der Waals surface area (Å²) in [5.74, 6) is -2.95. The average molecular weight is 1640 g/mol. The SMILES string of the molecule is CC(Cl)N1C(=O)[C@H]([C@@H](C)O[Si](C)(C)C(C)(C)C)[C@H]1[C@@H](C)C(=O)c1cn2cnc(C(=O)c3cccnc3)c2s1.CC(N1C(=O)[C@H]([C@@H](C)O[Si](C)(C)C(C)(C)C)[C@H]1[C@@H](C)C(=O)c1cn2cnc(C(=O)c3cccnc3)c2s1)=P(c1ccccc1)(c1ccccc1)c1ccccc1.c1ccc(P(c2ccccc2)c2ccccc2)cc1. The zero-order valence-corrected chi connectivity index (χ0v) is 73.1. The predicted octanol–water partition coefficient (Wildman–Crippen LogP) is 17.3. The maximum Gasteiger partial charge on any atom is 0.234 e. The summed E-state index contributed by atoms with van der Waals surface area (Å²) in [5, 5.41) is 7.49. The van der Waals surface area contributed by atoms with E-state index in [9.17, 15) is 24.0 Å². The molecule has 113 heavy (non-hydrogen) atoms. The van der Waals surface area contributed by atoms with E-state index in [4.69, 9.17) is 20.5 Å². The van der Waals surface area contributed by atoms with Gasteiger partial charge >= 0.3 is 0 Å². The van der Waals surface area contributed by atoms with Crippen LogP contribution in [0.1, 0.15) is 135 Å². The summed E-state index contributed by atoms with van der Waals surface area (Å²) in [6, 6.07) is 69.7. The first kappa shape index (κ1) is 83.4. The van der Waals surface area contributed by atoms with Crippen LogP contribution in [-0.2, 0) is 18.4 Å². The van der Waals surface area contributed by atoms with Crippen LogP contribution in [0.4, 0.5) is 0 Å². The van der Waals surface area contributed by atoms with Crippen LogP contribution in [0.15, 0.2) is 256 Å². The molecule has 1 unspecified atom stereocenters. The molecule has 23 heteroatoms. The number of pyridine rings is 2. The Morgan fingerprint density at radius 3 is 1.15 bits per heavy atom. The number of halogens is 1. The second kappa shape index (κ2) is 34.6. The van der Waals surface area contributed by atoms with Gasteiger partial charge in [0.05, 0.1) is 45.9 Å². The molecule has 2 fully saturated rings. The number of fused-ring (bicyclic) bond motifs is 2. The number of benzene rings is 6. The molecule has 2 aliphatic heterocycles. The van der Waals surface area contributed by atoms with Crippen molar-refractivity contribution < 1.29 is 37.6 Å². The number of ketones is 4. The van der Waals surface area contributed by atoms with E-state index in [0.29, 0.717) is 30.5 Å². The summed E-state index contributed by atoms with van der Waals surface area (Å²) >= 11 is 8.89. The van der Waals surface area contributed by atoms with Crippen LogP contribution in [0.25, 0.3) is 9.66 Å². The van der Waals surface area contributed by atoms with Crippen molar-refractivity contribution >= 4 is 148 Å². The second-order valence-corrected chi connectivity index (χ2v) is 50.0. The van der Waals surface area contributed by atoms with Crippen LogP contribution in [0.3, 0.4) is 0 Å². The highest BCUT2D eigenvalue weighted by Crippen LogP contribution is 2.52. The fraction of sp³-hybridized carbons (Fsp3) is 0.300. The van der Waals surface area contributed by atoms with Gasteiger partial charge in [-0.1, -0.05) is 249 Å². The molecule has 16 nitrogen and oxygen atoms in total. The molecule has 8 heterocycles. The maximum absolute atomic E-state index is 15.0. The van der Waals surface area contributed by atoms with Crippen LogP contribution < -0.4 is 31.8 Å². The van der Waals surface area contributed by atoms with Crippen molar-refractivity contribution in [1.29, 1.82) is 0 Å². The van der Waals surface area contributed by atoms with E-state index in [-0.39, 0.29) is 62.5 Å². The van der Waals surface area contributed by atoms with Gasteiger partial charge < -0.3 is 18.7 Å². The van der Waals surface area contributed by atoms with Gasteiger partial charge in [-0.3, -0.25) is 47.5 Å². The molecule has 584 valence electrons. The number of imidazole rings is 2. The highest BCUT2D eigenvalue weighted by molar-refractivity contribution is 7.95. The molecule has 2 saturated heterocycles. The highest BCUT2D eigenvalue weighted by atomic mass is 35.5. The third kappa shape index (κ3) is 16.9. The van der Waals surface area contributed by atoms with Crippen molar-refractivity contribution in [2.45, 2.75) is 149 Å². The Bertz CT molecular complexity index is 5220.